The topological polar surface area (TPSA) is 120 Å². The van der Waals surface area contributed by atoms with Gasteiger partial charge >= 0.3 is 6.09 Å². The lowest BCUT2D eigenvalue weighted by atomic mass is 10.0. The van der Waals surface area contributed by atoms with Gasteiger partial charge in [-0.1, -0.05) is 35.5 Å². The van der Waals surface area contributed by atoms with Crippen LogP contribution >= 0.6 is 0 Å². The first-order valence-corrected chi connectivity index (χ1v) is 10.9. The second-order valence-corrected chi connectivity index (χ2v) is 8.67. The summed E-state index contributed by atoms with van der Waals surface area (Å²) in [6, 6.07) is 9.03. The molecule has 1 aliphatic heterocycles. The van der Waals surface area contributed by atoms with Gasteiger partial charge in [-0.15, -0.1) is 0 Å². The van der Waals surface area contributed by atoms with Crippen LogP contribution in [0, 0.1) is 0 Å². The second-order valence-electron chi connectivity index (χ2n) is 8.67. The molecule has 2 atom stereocenters. The Morgan fingerprint density at radius 2 is 2.12 bits per heavy atom. The summed E-state index contributed by atoms with van der Waals surface area (Å²) >= 11 is 0. The summed E-state index contributed by atoms with van der Waals surface area (Å²) in [5.74, 6) is -0.369. The van der Waals surface area contributed by atoms with Gasteiger partial charge < -0.3 is 29.9 Å². The van der Waals surface area contributed by atoms with Crippen molar-refractivity contribution in [2.75, 3.05) is 26.3 Å². The fourth-order valence-electron chi connectivity index (χ4n) is 3.37. The van der Waals surface area contributed by atoms with Gasteiger partial charge in [-0.3, -0.25) is 4.79 Å². The molecular formula is C23H31FN4O5. The monoisotopic (exact) mass is 462 g/mol. The molecule has 0 radical (unpaired) electrons. The normalized spacial score (nSPS) is 17.1. The molecule has 33 heavy (non-hydrogen) atoms. The molecule has 1 fully saturated rings. The van der Waals surface area contributed by atoms with Gasteiger partial charge in [0.1, 0.15) is 18.1 Å². The Morgan fingerprint density at radius 3 is 2.79 bits per heavy atom. The molecule has 3 N–H and O–H groups in total. The van der Waals surface area contributed by atoms with Crippen LogP contribution in [-0.4, -0.2) is 60.1 Å². The number of rotatable bonds is 10. The minimum absolute atomic E-state index is 0.0546. The summed E-state index contributed by atoms with van der Waals surface area (Å²) in [4.78, 5) is 26.0. The third-order valence-corrected chi connectivity index (χ3v) is 5.28. The summed E-state index contributed by atoms with van der Waals surface area (Å²) in [5.41, 5.74) is 6.97. The first-order valence-electron chi connectivity index (χ1n) is 10.9. The minimum atomic E-state index is -1.10. The number of hydrogen-bond acceptors (Lipinski definition) is 7. The van der Waals surface area contributed by atoms with Gasteiger partial charge in [-0.2, -0.15) is 0 Å². The Labute approximate surface area is 192 Å². The molecule has 0 spiro atoms. The van der Waals surface area contributed by atoms with E-state index in [2.05, 4.69) is 10.5 Å². The molecular weight excluding hydrogens is 431 g/mol. The van der Waals surface area contributed by atoms with Crippen molar-refractivity contribution in [3.8, 4) is 0 Å². The number of benzene rings is 1. The van der Waals surface area contributed by atoms with Gasteiger partial charge in [0.05, 0.1) is 37.9 Å². The number of carbonyl (C=O) groups is 2. The number of nitrogens with two attached hydrogens (primary N) is 1. The van der Waals surface area contributed by atoms with Crippen molar-refractivity contribution in [1.82, 2.24) is 15.4 Å². The average Bonchev–Trinajstić information content (AvgIpc) is 3.42. The maximum Gasteiger partial charge on any atom is 0.409 e. The average molecular weight is 463 g/mol. The van der Waals surface area contributed by atoms with Crippen LogP contribution in [-0.2, 0) is 27.3 Å². The lowest BCUT2D eigenvalue weighted by Crippen LogP contribution is -2.50. The molecule has 2 aromatic rings. The summed E-state index contributed by atoms with van der Waals surface area (Å²) in [6.07, 6.45) is 0.533. The Bertz CT molecular complexity index is 915. The maximum absolute atomic E-state index is 13.3. The summed E-state index contributed by atoms with van der Waals surface area (Å²) in [5, 5.41) is 6.92. The largest absolute Gasteiger partial charge is 0.449 e. The van der Waals surface area contributed by atoms with Crippen LogP contribution in [0.4, 0.5) is 9.18 Å². The second kappa shape index (κ2) is 11.2. The van der Waals surface area contributed by atoms with E-state index < -0.39 is 23.8 Å². The van der Waals surface area contributed by atoms with E-state index in [1.165, 1.54) is 11.2 Å². The van der Waals surface area contributed by atoms with Crippen LogP contribution in [0.3, 0.4) is 0 Å². The summed E-state index contributed by atoms with van der Waals surface area (Å²) < 4.78 is 29.5. The Balaban J connectivity index is 1.61. The Morgan fingerprint density at radius 1 is 1.36 bits per heavy atom. The predicted octanol–water partition coefficient (Wildman–Crippen LogP) is 2.51. The van der Waals surface area contributed by atoms with Gasteiger partial charge in [0, 0.05) is 18.5 Å². The Hall–Kier alpha value is -2.98. The number of halogens is 1. The standard InChI is InChI=1S/C23H31FN4O5/c1-23(2,25)21(29)26-19(15-31-13-16-6-4-3-5-7-16)20-17(14-33-27-20)9-11-32-22(30)28-10-8-18(24)12-28/h3-7,14,18-19H,8-13,15,25H2,1-2H3,(H,26,29)/t18-,19-/m1/s1. The molecule has 0 saturated carbocycles. The zero-order valence-corrected chi connectivity index (χ0v) is 19.0. The SMILES string of the molecule is CC(C)(N)C(=O)N[C@H](COCc1ccccc1)c1nocc1CCOC(=O)N1CC[C@@H](F)C1. The molecule has 1 aromatic heterocycles. The lowest BCUT2D eigenvalue weighted by molar-refractivity contribution is -0.126. The number of nitrogens with one attached hydrogen (secondary N) is 1. The van der Waals surface area contributed by atoms with Crippen LogP contribution in [0.15, 0.2) is 41.1 Å². The van der Waals surface area contributed by atoms with E-state index in [0.29, 0.717) is 37.3 Å². The van der Waals surface area contributed by atoms with Crippen molar-refractivity contribution >= 4 is 12.0 Å². The highest BCUT2D eigenvalue weighted by molar-refractivity contribution is 5.85. The fraction of sp³-hybridized carbons (Fsp3) is 0.522. The number of nitrogens with zero attached hydrogens (tertiary/aromatic N) is 2. The fourth-order valence-corrected chi connectivity index (χ4v) is 3.37. The van der Waals surface area contributed by atoms with Gasteiger partial charge in [-0.05, 0) is 25.8 Å². The van der Waals surface area contributed by atoms with E-state index in [1.54, 1.807) is 13.8 Å². The van der Waals surface area contributed by atoms with E-state index in [4.69, 9.17) is 19.7 Å². The van der Waals surface area contributed by atoms with Crippen LogP contribution in [0.1, 0.15) is 43.1 Å². The number of amides is 2. The molecule has 1 saturated heterocycles. The van der Waals surface area contributed by atoms with E-state index in [9.17, 15) is 14.0 Å². The van der Waals surface area contributed by atoms with Crippen LogP contribution in [0.5, 0.6) is 0 Å². The first kappa shape index (κ1) is 24.7. The number of hydrogen-bond donors (Lipinski definition) is 2. The third-order valence-electron chi connectivity index (χ3n) is 5.28. The molecule has 0 unspecified atom stereocenters. The van der Waals surface area contributed by atoms with Crippen molar-refractivity contribution < 1.29 is 28.0 Å². The first-order chi connectivity index (χ1) is 15.7. The summed E-state index contributed by atoms with van der Waals surface area (Å²) in [7, 11) is 0. The van der Waals surface area contributed by atoms with Crippen molar-refractivity contribution in [2.24, 2.45) is 5.73 Å². The van der Waals surface area contributed by atoms with Crippen LogP contribution in [0.2, 0.25) is 0 Å². The number of ether oxygens (including phenoxy) is 2. The van der Waals surface area contributed by atoms with E-state index in [0.717, 1.165) is 5.56 Å². The predicted molar refractivity (Wildman–Crippen MR) is 118 cm³/mol. The molecule has 1 aromatic carbocycles. The highest BCUT2D eigenvalue weighted by atomic mass is 19.1. The molecule has 10 heteroatoms. The summed E-state index contributed by atoms with van der Waals surface area (Å²) in [6.45, 7) is 4.17. The molecule has 180 valence electrons. The van der Waals surface area contributed by atoms with Gasteiger partial charge in [-0.25, -0.2) is 9.18 Å². The molecule has 9 nitrogen and oxygen atoms in total. The van der Waals surface area contributed by atoms with Crippen LogP contribution < -0.4 is 11.1 Å². The quantitative estimate of drug-likeness (QED) is 0.557. The zero-order valence-electron chi connectivity index (χ0n) is 19.0. The number of likely N-dealkylation sites (tertiary alicyclic amines) is 1. The zero-order chi connectivity index (χ0) is 23.8. The minimum Gasteiger partial charge on any atom is -0.449 e. The molecule has 2 amide bonds. The van der Waals surface area contributed by atoms with Crippen molar-refractivity contribution in [3.05, 3.63) is 53.4 Å². The number of aromatic nitrogens is 1. The lowest BCUT2D eigenvalue weighted by Gasteiger charge is -2.24. The Kier molecular flexibility index (Phi) is 8.40. The van der Waals surface area contributed by atoms with Crippen molar-refractivity contribution in [3.63, 3.8) is 0 Å². The highest BCUT2D eigenvalue weighted by Gasteiger charge is 2.29. The van der Waals surface area contributed by atoms with E-state index in [-0.39, 0.29) is 25.7 Å². The van der Waals surface area contributed by atoms with Crippen LogP contribution in [0.25, 0.3) is 0 Å². The van der Waals surface area contributed by atoms with E-state index in [1.807, 2.05) is 30.3 Å². The van der Waals surface area contributed by atoms with Crippen molar-refractivity contribution in [2.45, 2.75) is 51.0 Å². The number of alkyl halides is 1. The molecule has 1 aliphatic rings. The molecule has 0 aliphatic carbocycles. The third kappa shape index (κ3) is 7.26. The molecule has 2 heterocycles. The van der Waals surface area contributed by atoms with Gasteiger partial charge in [0.2, 0.25) is 5.91 Å². The van der Waals surface area contributed by atoms with Gasteiger partial charge in [0.15, 0.2) is 0 Å². The van der Waals surface area contributed by atoms with Gasteiger partial charge in [0.25, 0.3) is 0 Å². The smallest absolute Gasteiger partial charge is 0.409 e. The number of carbonyl (C=O) groups excluding carboxylic acids is 2. The molecule has 3 rings (SSSR count). The van der Waals surface area contributed by atoms with E-state index >= 15 is 0 Å². The van der Waals surface area contributed by atoms with Crippen molar-refractivity contribution in [1.29, 1.82) is 0 Å². The highest BCUT2D eigenvalue weighted by Crippen LogP contribution is 2.20. The maximum atomic E-state index is 13.3. The molecule has 0 bridgehead atoms.